The molecule has 0 unspecified atom stereocenters. The van der Waals surface area contributed by atoms with E-state index in [1.165, 1.54) is 6.92 Å². The highest BCUT2D eigenvalue weighted by Gasteiger charge is 2.24. The van der Waals surface area contributed by atoms with Gasteiger partial charge < -0.3 is 14.9 Å². The van der Waals surface area contributed by atoms with Crippen molar-refractivity contribution in [3.63, 3.8) is 0 Å². The van der Waals surface area contributed by atoms with Gasteiger partial charge in [-0.3, -0.25) is 9.59 Å². The lowest BCUT2D eigenvalue weighted by molar-refractivity contribution is -0.130. The Balaban J connectivity index is 2.13. The van der Waals surface area contributed by atoms with E-state index in [2.05, 4.69) is 11.8 Å². The zero-order chi connectivity index (χ0) is 15.2. The van der Waals surface area contributed by atoms with E-state index in [4.69, 9.17) is 5.11 Å². The van der Waals surface area contributed by atoms with Gasteiger partial charge in [0.25, 0.3) is 5.91 Å². The Labute approximate surface area is 124 Å². The molecule has 1 aromatic rings. The van der Waals surface area contributed by atoms with Crippen molar-refractivity contribution in [3.05, 3.63) is 35.4 Å². The quantitative estimate of drug-likeness (QED) is 0.757. The number of aliphatic hydroxyl groups is 1. The lowest BCUT2D eigenvalue weighted by Gasteiger charge is -2.34. The van der Waals surface area contributed by atoms with Crippen molar-refractivity contribution in [1.29, 1.82) is 0 Å². The molecule has 1 aromatic carbocycles. The Kier molecular flexibility index (Phi) is 4.96. The maximum atomic E-state index is 12.6. The van der Waals surface area contributed by atoms with Crippen LogP contribution < -0.4 is 0 Å². The minimum atomic E-state index is -0.236. The van der Waals surface area contributed by atoms with E-state index in [-0.39, 0.29) is 18.4 Å². The summed E-state index contributed by atoms with van der Waals surface area (Å²) >= 11 is 0. The van der Waals surface area contributed by atoms with Crippen LogP contribution in [0.3, 0.4) is 0 Å². The molecule has 0 bridgehead atoms. The summed E-state index contributed by atoms with van der Waals surface area (Å²) in [6.07, 6.45) is 0. The number of hydrogen-bond donors (Lipinski definition) is 1. The van der Waals surface area contributed by atoms with Crippen molar-refractivity contribution in [2.45, 2.75) is 6.92 Å². The molecule has 1 aliphatic heterocycles. The first-order valence-corrected chi connectivity index (χ1v) is 6.87. The zero-order valence-electron chi connectivity index (χ0n) is 12.0. The van der Waals surface area contributed by atoms with Gasteiger partial charge in [0, 0.05) is 38.7 Å². The summed E-state index contributed by atoms with van der Waals surface area (Å²) < 4.78 is 0. The van der Waals surface area contributed by atoms with Crippen LogP contribution in [0.1, 0.15) is 22.8 Å². The number of carbonyl (C=O) groups excluding carboxylic acids is 2. The van der Waals surface area contributed by atoms with Gasteiger partial charge >= 0.3 is 0 Å². The van der Waals surface area contributed by atoms with Gasteiger partial charge in [-0.1, -0.05) is 24.0 Å². The molecule has 21 heavy (non-hydrogen) atoms. The first-order chi connectivity index (χ1) is 10.1. The molecule has 0 saturated carbocycles. The Morgan fingerprint density at radius 1 is 1.14 bits per heavy atom. The Morgan fingerprint density at radius 2 is 1.76 bits per heavy atom. The number of rotatable bonds is 1. The number of benzene rings is 1. The van der Waals surface area contributed by atoms with Crippen LogP contribution in [-0.2, 0) is 4.79 Å². The SMILES string of the molecule is CC(=O)N1CCN(C(=O)c2ccccc2C#CCO)CC1. The maximum Gasteiger partial charge on any atom is 0.255 e. The second-order valence-corrected chi connectivity index (χ2v) is 4.80. The molecule has 0 atom stereocenters. The van der Waals surface area contributed by atoms with Gasteiger partial charge in [0.1, 0.15) is 6.61 Å². The third-order valence-electron chi connectivity index (χ3n) is 3.47. The second-order valence-electron chi connectivity index (χ2n) is 4.80. The Hall–Kier alpha value is -2.32. The van der Waals surface area contributed by atoms with Crippen molar-refractivity contribution in [3.8, 4) is 11.8 Å². The van der Waals surface area contributed by atoms with E-state index in [0.717, 1.165) is 0 Å². The van der Waals surface area contributed by atoms with E-state index in [0.29, 0.717) is 37.3 Å². The lowest BCUT2D eigenvalue weighted by Crippen LogP contribution is -2.50. The molecule has 0 aromatic heterocycles. The highest BCUT2D eigenvalue weighted by atomic mass is 16.2. The number of nitrogens with zero attached hydrogens (tertiary/aromatic N) is 2. The van der Waals surface area contributed by atoms with E-state index in [1.54, 1.807) is 28.0 Å². The fraction of sp³-hybridized carbons (Fsp3) is 0.375. The topological polar surface area (TPSA) is 60.9 Å². The van der Waals surface area contributed by atoms with Gasteiger partial charge in [0.2, 0.25) is 5.91 Å². The van der Waals surface area contributed by atoms with Crippen LogP contribution in [0.2, 0.25) is 0 Å². The molecule has 1 N–H and O–H groups in total. The molecule has 5 nitrogen and oxygen atoms in total. The average molecular weight is 286 g/mol. The number of aliphatic hydroxyl groups excluding tert-OH is 1. The van der Waals surface area contributed by atoms with Crippen LogP contribution in [-0.4, -0.2) is 59.5 Å². The summed E-state index contributed by atoms with van der Waals surface area (Å²) in [7, 11) is 0. The largest absolute Gasteiger partial charge is 0.384 e. The van der Waals surface area contributed by atoms with Gasteiger partial charge in [-0.25, -0.2) is 0 Å². The van der Waals surface area contributed by atoms with E-state index < -0.39 is 0 Å². The van der Waals surface area contributed by atoms with Gasteiger partial charge in [-0.05, 0) is 12.1 Å². The summed E-state index contributed by atoms with van der Waals surface area (Å²) in [6.45, 7) is 3.48. The third-order valence-corrected chi connectivity index (χ3v) is 3.47. The first-order valence-electron chi connectivity index (χ1n) is 6.87. The molecule has 1 aliphatic rings. The minimum Gasteiger partial charge on any atom is -0.384 e. The van der Waals surface area contributed by atoms with Crippen molar-refractivity contribution < 1.29 is 14.7 Å². The van der Waals surface area contributed by atoms with E-state index >= 15 is 0 Å². The molecule has 0 radical (unpaired) electrons. The lowest BCUT2D eigenvalue weighted by atomic mass is 10.1. The molecule has 110 valence electrons. The molecule has 2 rings (SSSR count). The molecule has 1 heterocycles. The predicted octanol–water partition coefficient (Wildman–Crippen LogP) is 0.335. The zero-order valence-corrected chi connectivity index (χ0v) is 12.0. The van der Waals surface area contributed by atoms with Crippen molar-refractivity contribution in [2.24, 2.45) is 0 Å². The summed E-state index contributed by atoms with van der Waals surface area (Å²) in [6, 6.07) is 7.11. The number of piperazine rings is 1. The molecular weight excluding hydrogens is 268 g/mol. The van der Waals surface area contributed by atoms with Crippen LogP contribution in [0, 0.1) is 11.8 Å². The summed E-state index contributed by atoms with van der Waals surface area (Å²) in [5, 5.41) is 8.78. The van der Waals surface area contributed by atoms with E-state index in [9.17, 15) is 9.59 Å². The molecule has 2 amide bonds. The normalized spacial score (nSPS) is 14.4. The van der Waals surface area contributed by atoms with Gasteiger partial charge in [-0.2, -0.15) is 0 Å². The smallest absolute Gasteiger partial charge is 0.255 e. The summed E-state index contributed by atoms with van der Waals surface area (Å²) in [5.41, 5.74) is 1.15. The van der Waals surface area contributed by atoms with Crippen LogP contribution in [0.5, 0.6) is 0 Å². The average Bonchev–Trinajstić information content (AvgIpc) is 2.52. The van der Waals surface area contributed by atoms with Gasteiger partial charge in [-0.15, -0.1) is 0 Å². The first kappa shape index (κ1) is 15.1. The third kappa shape index (κ3) is 3.61. The van der Waals surface area contributed by atoms with Crippen molar-refractivity contribution >= 4 is 11.8 Å². The summed E-state index contributed by atoms with van der Waals surface area (Å²) in [5.74, 6) is 5.32. The predicted molar refractivity (Wildman–Crippen MR) is 78.6 cm³/mol. The van der Waals surface area contributed by atoms with Crippen molar-refractivity contribution in [2.75, 3.05) is 32.8 Å². The number of hydrogen-bond acceptors (Lipinski definition) is 3. The molecular formula is C16H18N2O3. The molecule has 1 saturated heterocycles. The number of carbonyl (C=O) groups is 2. The molecule has 5 heteroatoms. The Morgan fingerprint density at radius 3 is 2.38 bits per heavy atom. The highest BCUT2D eigenvalue weighted by molar-refractivity contribution is 5.97. The van der Waals surface area contributed by atoms with Crippen LogP contribution in [0.15, 0.2) is 24.3 Å². The van der Waals surface area contributed by atoms with Crippen LogP contribution in [0.25, 0.3) is 0 Å². The maximum absolute atomic E-state index is 12.6. The van der Waals surface area contributed by atoms with E-state index in [1.807, 2.05) is 6.07 Å². The van der Waals surface area contributed by atoms with Crippen LogP contribution in [0.4, 0.5) is 0 Å². The second kappa shape index (κ2) is 6.91. The highest BCUT2D eigenvalue weighted by Crippen LogP contribution is 2.13. The Bertz CT molecular complexity index is 593. The standard InChI is InChI=1S/C16H18N2O3/c1-13(20)17-8-10-18(11-9-17)16(21)15-7-3-2-5-14(15)6-4-12-19/h2-3,5,7,19H,8-12H2,1H3. The number of amides is 2. The fourth-order valence-electron chi connectivity index (χ4n) is 2.31. The monoisotopic (exact) mass is 286 g/mol. The minimum absolute atomic E-state index is 0.0383. The fourth-order valence-corrected chi connectivity index (χ4v) is 2.31. The molecule has 0 aliphatic carbocycles. The molecule has 0 spiro atoms. The van der Waals surface area contributed by atoms with Crippen molar-refractivity contribution in [1.82, 2.24) is 9.80 Å². The van der Waals surface area contributed by atoms with Crippen LogP contribution >= 0.6 is 0 Å². The molecule has 1 fully saturated rings. The van der Waals surface area contributed by atoms with Gasteiger partial charge in [0.15, 0.2) is 0 Å². The summed E-state index contributed by atoms with van der Waals surface area (Å²) in [4.78, 5) is 27.3. The van der Waals surface area contributed by atoms with Gasteiger partial charge in [0.05, 0.1) is 5.56 Å².